The summed E-state index contributed by atoms with van der Waals surface area (Å²) in [5.41, 5.74) is 0. The molecule has 0 aliphatic rings. The lowest BCUT2D eigenvalue weighted by atomic mass is 10.8. The van der Waals surface area contributed by atoms with E-state index in [9.17, 15) is 13.2 Å². The Labute approximate surface area is 58.8 Å². The average molecular weight is 173 g/mol. The molecule has 2 nitrogen and oxygen atoms in total. The summed E-state index contributed by atoms with van der Waals surface area (Å²) in [6.07, 6.45) is -4.18. The summed E-state index contributed by atoms with van der Waals surface area (Å²) in [4.78, 5) is 0. The van der Waals surface area contributed by atoms with E-state index in [0.717, 1.165) is 0 Å². The van der Waals surface area contributed by atoms with Crippen molar-refractivity contribution in [1.82, 2.24) is 0 Å². The number of halogens is 3. The molecular formula is C4H8F3O2Si. The molecule has 0 aromatic carbocycles. The summed E-state index contributed by atoms with van der Waals surface area (Å²) in [5.74, 6) is 0. The molecule has 1 radical (unpaired) electrons. The summed E-state index contributed by atoms with van der Waals surface area (Å²) < 4.78 is 43.5. The van der Waals surface area contributed by atoms with Crippen molar-refractivity contribution >= 4 is 9.28 Å². The van der Waals surface area contributed by atoms with Crippen molar-refractivity contribution in [2.75, 3.05) is 14.2 Å². The second kappa shape index (κ2) is 3.94. The molecule has 0 saturated carbocycles. The van der Waals surface area contributed by atoms with Crippen LogP contribution in [0.3, 0.4) is 0 Å². The maximum atomic E-state index is 11.5. The third-order valence-corrected chi connectivity index (χ3v) is 2.40. The summed E-state index contributed by atoms with van der Waals surface area (Å²) in [5, 5.41) is 0. The van der Waals surface area contributed by atoms with Gasteiger partial charge in [0, 0.05) is 14.2 Å². The van der Waals surface area contributed by atoms with Crippen LogP contribution in [-0.2, 0) is 8.85 Å². The summed E-state index contributed by atoms with van der Waals surface area (Å²) in [6, 6.07) is -0.968. The first-order valence-electron chi connectivity index (χ1n) is 2.50. The fourth-order valence-corrected chi connectivity index (χ4v) is 1.17. The van der Waals surface area contributed by atoms with Crippen LogP contribution in [0.4, 0.5) is 13.2 Å². The molecule has 0 rings (SSSR count). The van der Waals surface area contributed by atoms with Gasteiger partial charge in [0.2, 0.25) is 0 Å². The fraction of sp³-hybridized carbons (Fsp3) is 1.00. The van der Waals surface area contributed by atoms with Crippen LogP contribution in [0.25, 0.3) is 0 Å². The van der Waals surface area contributed by atoms with Crippen molar-refractivity contribution in [1.29, 1.82) is 0 Å². The van der Waals surface area contributed by atoms with Gasteiger partial charge in [-0.15, -0.1) is 0 Å². The zero-order chi connectivity index (χ0) is 8.20. The normalized spacial score (nSPS) is 12.6. The van der Waals surface area contributed by atoms with Crippen LogP contribution in [0, 0.1) is 0 Å². The SMILES string of the molecule is CO[Si](CC(F)(F)F)OC. The minimum absolute atomic E-state index is 0.968. The monoisotopic (exact) mass is 173 g/mol. The predicted molar refractivity (Wildman–Crippen MR) is 30.6 cm³/mol. The highest BCUT2D eigenvalue weighted by atomic mass is 28.3. The molecule has 0 unspecified atom stereocenters. The van der Waals surface area contributed by atoms with E-state index in [1.165, 1.54) is 14.2 Å². The number of alkyl halides is 3. The van der Waals surface area contributed by atoms with Crippen LogP contribution < -0.4 is 0 Å². The molecule has 0 aromatic rings. The first kappa shape index (κ1) is 9.93. The highest BCUT2D eigenvalue weighted by Crippen LogP contribution is 2.22. The van der Waals surface area contributed by atoms with Gasteiger partial charge in [0.1, 0.15) is 0 Å². The predicted octanol–water partition coefficient (Wildman–Crippen LogP) is 1.33. The molecule has 6 heteroatoms. The molecule has 0 bridgehead atoms. The van der Waals surface area contributed by atoms with E-state index in [2.05, 4.69) is 8.85 Å². The first-order valence-corrected chi connectivity index (χ1v) is 4.02. The molecule has 0 aliphatic heterocycles. The van der Waals surface area contributed by atoms with Crippen LogP contribution in [0.1, 0.15) is 0 Å². The van der Waals surface area contributed by atoms with E-state index < -0.39 is 21.5 Å². The van der Waals surface area contributed by atoms with Crippen molar-refractivity contribution in [2.24, 2.45) is 0 Å². The van der Waals surface area contributed by atoms with Gasteiger partial charge >= 0.3 is 15.5 Å². The summed E-state index contributed by atoms with van der Waals surface area (Å²) in [7, 11) is 0.318. The minimum Gasteiger partial charge on any atom is -0.397 e. The van der Waals surface area contributed by atoms with Gasteiger partial charge in [0.15, 0.2) is 0 Å². The standard InChI is InChI=1S/C4H8F3O2Si/c1-8-10(9-2)3-4(5,6)7/h3H2,1-2H3. The van der Waals surface area contributed by atoms with Crippen molar-refractivity contribution in [3.05, 3.63) is 0 Å². The molecule has 10 heavy (non-hydrogen) atoms. The molecule has 0 amide bonds. The van der Waals surface area contributed by atoms with Crippen LogP contribution in [-0.4, -0.2) is 29.7 Å². The second-order valence-electron chi connectivity index (χ2n) is 1.57. The Hall–Kier alpha value is -0.0731. The van der Waals surface area contributed by atoms with Crippen LogP contribution in [0.5, 0.6) is 0 Å². The minimum atomic E-state index is -4.18. The molecule has 0 atom stereocenters. The van der Waals surface area contributed by atoms with Gasteiger partial charge in [-0.3, -0.25) is 0 Å². The highest BCUT2D eigenvalue weighted by Gasteiger charge is 2.34. The summed E-state index contributed by atoms with van der Waals surface area (Å²) >= 11 is 0. The molecule has 0 aromatic heterocycles. The molecule has 0 N–H and O–H groups in total. The van der Waals surface area contributed by atoms with Gasteiger partial charge in [-0.1, -0.05) is 0 Å². The van der Waals surface area contributed by atoms with Crippen LogP contribution in [0.2, 0.25) is 6.04 Å². The third-order valence-electron chi connectivity index (χ3n) is 0.800. The maximum Gasteiger partial charge on any atom is 0.393 e. The van der Waals surface area contributed by atoms with Crippen molar-refractivity contribution in [3.63, 3.8) is 0 Å². The largest absolute Gasteiger partial charge is 0.397 e. The van der Waals surface area contributed by atoms with E-state index in [0.29, 0.717) is 0 Å². The van der Waals surface area contributed by atoms with E-state index in [4.69, 9.17) is 0 Å². The molecule has 0 aliphatic carbocycles. The zero-order valence-corrected chi connectivity index (χ0v) is 6.66. The van der Waals surface area contributed by atoms with Gasteiger partial charge < -0.3 is 8.85 Å². The Morgan fingerprint density at radius 3 is 1.70 bits per heavy atom. The number of hydrogen-bond acceptors (Lipinski definition) is 2. The highest BCUT2D eigenvalue weighted by molar-refractivity contribution is 6.44. The molecule has 0 fully saturated rings. The molecular weight excluding hydrogens is 165 g/mol. The molecule has 61 valence electrons. The van der Waals surface area contributed by atoms with Gasteiger partial charge in [-0.05, 0) is 0 Å². The lowest BCUT2D eigenvalue weighted by Crippen LogP contribution is -2.26. The van der Waals surface area contributed by atoms with Crippen LogP contribution >= 0.6 is 0 Å². The third kappa shape index (κ3) is 4.77. The van der Waals surface area contributed by atoms with Crippen molar-refractivity contribution < 1.29 is 22.0 Å². The van der Waals surface area contributed by atoms with E-state index in [1.54, 1.807) is 0 Å². The topological polar surface area (TPSA) is 18.5 Å². The Bertz CT molecular complexity index is 91.0. The van der Waals surface area contributed by atoms with Gasteiger partial charge in [0.25, 0.3) is 0 Å². The fourth-order valence-electron chi connectivity index (χ4n) is 0.391. The molecule has 0 saturated heterocycles. The van der Waals surface area contributed by atoms with E-state index >= 15 is 0 Å². The van der Waals surface area contributed by atoms with E-state index in [1.807, 2.05) is 0 Å². The number of hydrogen-bond donors (Lipinski definition) is 0. The summed E-state index contributed by atoms with van der Waals surface area (Å²) in [6.45, 7) is 0. The zero-order valence-electron chi connectivity index (χ0n) is 5.66. The lowest BCUT2D eigenvalue weighted by Gasteiger charge is -2.10. The van der Waals surface area contributed by atoms with Gasteiger partial charge in [-0.25, -0.2) is 0 Å². The quantitative estimate of drug-likeness (QED) is 0.599. The molecule has 0 spiro atoms. The van der Waals surface area contributed by atoms with Gasteiger partial charge in [-0.2, -0.15) is 13.2 Å². The Balaban J connectivity index is 3.63. The van der Waals surface area contributed by atoms with Gasteiger partial charge in [0.05, 0.1) is 6.04 Å². The van der Waals surface area contributed by atoms with E-state index in [-0.39, 0.29) is 0 Å². The second-order valence-corrected chi connectivity index (χ2v) is 3.49. The smallest absolute Gasteiger partial charge is 0.393 e. The average Bonchev–Trinajstić information content (AvgIpc) is 1.81. The molecule has 0 heterocycles. The Kier molecular flexibility index (Phi) is 3.91. The lowest BCUT2D eigenvalue weighted by molar-refractivity contribution is -0.114. The first-order chi connectivity index (χ1) is 4.49. The number of rotatable bonds is 3. The van der Waals surface area contributed by atoms with Crippen molar-refractivity contribution in [3.8, 4) is 0 Å². The van der Waals surface area contributed by atoms with Crippen molar-refractivity contribution in [2.45, 2.75) is 12.2 Å². The van der Waals surface area contributed by atoms with Crippen LogP contribution in [0.15, 0.2) is 0 Å². The Morgan fingerprint density at radius 2 is 1.60 bits per heavy atom. The maximum absolute atomic E-state index is 11.5. The Morgan fingerprint density at radius 1 is 1.20 bits per heavy atom.